The molecule has 1 aromatic carbocycles. The molecular weight excluding hydrogens is 300 g/mol. The van der Waals surface area contributed by atoms with Crippen LogP contribution in [-0.4, -0.2) is 11.2 Å². The van der Waals surface area contributed by atoms with Gasteiger partial charge in [0, 0.05) is 11.7 Å². The van der Waals surface area contributed by atoms with Crippen molar-refractivity contribution in [2.45, 2.75) is 71.2 Å². The van der Waals surface area contributed by atoms with Crippen LogP contribution in [0, 0.1) is 11.8 Å². The second-order valence-corrected chi connectivity index (χ2v) is 7.55. The van der Waals surface area contributed by atoms with Crippen LogP contribution in [0.4, 0.5) is 0 Å². The SMILES string of the molecule is CCCCCCCC(C)C(O)C(C)C=CSCc1ccccc1. The van der Waals surface area contributed by atoms with E-state index in [9.17, 15) is 5.11 Å². The molecule has 0 bridgehead atoms. The highest BCUT2D eigenvalue weighted by molar-refractivity contribution is 8.01. The van der Waals surface area contributed by atoms with E-state index < -0.39 is 0 Å². The maximum atomic E-state index is 10.4. The third-order valence-corrected chi connectivity index (χ3v) is 5.31. The fourth-order valence-electron chi connectivity index (χ4n) is 2.77. The second kappa shape index (κ2) is 12.7. The van der Waals surface area contributed by atoms with Gasteiger partial charge in [0.05, 0.1) is 6.10 Å². The molecule has 0 spiro atoms. The largest absolute Gasteiger partial charge is 0.392 e. The third kappa shape index (κ3) is 9.22. The summed E-state index contributed by atoms with van der Waals surface area (Å²) in [5.41, 5.74) is 1.34. The van der Waals surface area contributed by atoms with Crippen molar-refractivity contribution >= 4 is 11.8 Å². The molecule has 0 heterocycles. The Labute approximate surface area is 147 Å². The molecule has 0 saturated heterocycles. The van der Waals surface area contributed by atoms with Gasteiger partial charge < -0.3 is 5.11 Å². The first-order valence-electron chi connectivity index (χ1n) is 9.15. The minimum atomic E-state index is -0.227. The lowest BCUT2D eigenvalue weighted by atomic mass is 9.89. The molecule has 2 heteroatoms. The first-order valence-corrected chi connectivity index (χ1v) is 10.2. The molecule has 23 heavy (non-hydrogen) atoms. The fraction of sp³-hybridized carbons (Fsp3) is 0.619. The summed E-state index contributed by atoms with van der Waals surface area (Å²) in [5, 5.41) is 12.6. The van der Waals surface area contributed by atoms with Gasteiger partial charge in [0.1, 0.15) is 0 Å². The predicted molar refractivity (Wildman–Crippen MR) is 105 cm³/mol. The molecule has 1 nitrogen and oxygen atoms in total. The maximum absolute atomic E-state index is 10.4. The molecule has 1 N–H and O–H groups in total. The van der Waals surface area contributed by atoms with Crippen LogP contribution in [0.25, 0.3) is 0 Å². The van der Waals surface area contributed by atoms with Gasteiger partial charge in [-0.15, -0.1) is 11.8 Å². The van der Waals surface area contributed by atoms with Crippen LogP contribution in [-0.2, 0) is 5.75 Å². The van der Waals surface area contributed by atoms with Crippen LogP contribution < -0.4 is 0 Å². The molecule has 130 valence electrons. The maximum Gasteiger partial charge on any atom is 0.0625 e. The van der Waals surface area contributed by atoms with Crippen molar-refractivity contribution < 1.29 is 5.11 Å². The first-order chi connectivity index (χ1) is 11.1. The number of rotatable bonds is 12. The summed E-state index contributed by atoms with van der Waals surface area (Å²) in [7, 11) is 0. The smallest absolute Gasteiger partial charge is 0.0625 e. The van der Waals surface area contributed by atoms with E-state index in [1.165, 1.54) is 37.7 Å². The first kappa shape index (κ1) is 20.3. The van der Waals surface area contributed by atoms with E-state index in [0.29, 0.717) is 5.92 Å². The molecule has 0 aliphatic heterocycles. The molecule has 0 radical (unpaired) electrons. The summed E-state index contributed by atoms with van der Waals surface area (Å²) >= 11 is 1.80. The Morgan fingerprint density at radius 1 is 1.04 bits per heavy atom. The van der Waals surface area contributed by atoms with Gasteiger partial charge in [0.2, 0.25) is 0 Å². The van der Waals surface area contributed by atoms with Gasteiger partial charge in [-0.1, -0.05) is 89.3 Å². The number of aliphatic hydroxyl groups is 1. The van der Waals surface area contributed by atoms with Gasteiger partial charge in [0.15, 0.2) is 0 Å². The van der Waals surface area contributed by atoms with E-state index in [2.05, 4.69) is 56.5 Å². The van der Waals surface area contributed by atoms with Crippen LogP contribution in [0.2, 0.25) is 0 Å². The van der Waals surface area contributed by atoms with Gasteiger partial charge in [-0.25, -0.2) is 0 Å². The summed E-state index contributed by atoms with van der Waals surface area (Å²) in [6.45, 7) is 6.56. The zero-order valence-corrected chi connectivity index (χ0v) is 15.9. The van der Waals surface area contributed by atoms with Crippen molar-refractivity contribution in [2.24, 2.45) is 11.8 Å². The summed E-state index contributed by atoms with van der Waals surface area (Å²) in [6.07, 6.45) is 9.60. The van der Waals surface area contributed by atoms with Crippen molar-refractivity contribution in [3.63, 3.8) is 0 Å². The number of benzene rings is 1. The molecule has 0 aliphatic carbocycles. The Morgan fingerprint density at radius 2 is 1.74 bits per heavy atom. The number of aliphatic hydroxyl groups excluding tert-OH is 1. The van der Waals surface area contributed by atoms with Crippen molar-refractivity contribution in [1.29, 1.82) is 0 Å². The highest BCUT2D eigenvalue weighted by Gasteiger charge is 2.18. The van der Waals surface area contributed by atoms with Gasteiger partial charge in [-0.2, -0.15) is 0 Å². The molecule has 0 saturated carbocycles. The summed E-state index contributed by atoms with van der Waals surface area (Å²) < 4.78 is 0. The monoisotopic (exact) mass is 334 g/mol. The Morgan fingerprint density at radius 3 is 2.43 bits per heavy atom. The van der Waals surface area contributed by atoms with Gasteiger partial charge >= 0.3 is 0 Å². The average molecular weight is 335 g/mol. The molecule has 3 atom stereocenters. The third-order valence-electron chi connectivity index (χ3n) is 4.46. The lowest BCUT2D eigenvalue weighted by molar-refractivity contribution is 0.0777. The number of hydrogen-bond acceptors (Lipinski definition) is 2. The Bertz CT molecular complexity index is 415. The quantitative estimate of drug-likeness (QED) is 0.445. The topological polar surface area (TPSA) is 20.2 Å². The summed E-state index contributed by atoms with van der Waals surface area (Å²) in [5.74, 6) is 1.60. The molecule has 0 fully saturated rings. The summed E-state index contributed by atoms with van der Waals surface area (Å²) in [4.78, 5) is 0. The normalized spacial score (nSPS) is 15.7. The molecule has 0 aliphatic rings. The molecule has 1 aromatic rings. The van der Waals surface area contributed by atoms with Gasteiger partial charge in [0.25, 0.3) is 0 Å². The molecule has 1 rings (SSSR count). The molecular formula is C21H34OS. The number of unbranched alkanes of at least 4 members (excludes halogenated alkanes) is 4. The Hall–Kier alpha value is -0.730. The van der Waals surface area contributed by atoms with Crippen LogP contribution in [0.5, 0.6) is 0 Å². The molecule has 0 amide bonds. The van der Waals surface area contributed by atoms with E-state index in [4.69, 9.17) is 0 Å². The van der Waals surface area contributed by atoms with E-state index in [0.717, 1.165) is 12.2 Å². The lowest BCUT2D eigenvalue weighted by Gasteiger charge is -2.22. The van der Waals surface area contributed by atoms with E-state index >= 15 is 0 Å². The zero-order chi connectivity index (χ0) is 16.9. The van der Waals surface area contributed by atoms with E-state index in [1.807, 2.05) is 6.07 Å². The van der Waals surface area contributed by atoms with Crippen LogP contribution in [0.1, 0.15) is 64.9 Å². The van der Waals surface area contributed by atoms with Crippen molar-refractivity contribution in [2.75, 3.05) is 0 Å². The van der Waals surface area contributed by atoms with Crippen molar-refractivity contribution in [3.05, 3.63) is 47.4 Å². The van der Waals surface area contributed by atoms with Crippen LogP contribution in [0.3, 0.4) is 0 Å². The van der Waals surface area contributed by atoms with Gasteiger partial charge in [-0.3, -0.25) is 0 Å². The predicted octanol–water partition coefficient (Wildman–Crippen LogP) is 6.43. The molecule has 0 aromatic heterocycles. The molecule has 3 unspecified atom stereocenters. The Balaban J connectivity index is 2.21. The van der Waals surface area contributed by atoms with Crippen molar-refractivity contribution in [1.82, 2.24) is 0 Å². The zero-order valence-electron chi connectivity index (χ0n) is 15.1. The Kier molecular flexibility index (Phi) is 11.2. The van der Waals surface area contributed by atoms with E-state index in [1.54, 1.807) is 11.8 Å². The standard InChI is InChI=1S/C21H34OS/c1-4-5-6-7-9-12-18(2)21(22)19(3)15-16-23-17-20-13-10-8-11-14-20/h8,10-11,13-16,18-19,21-22H,4-7,9,12,17H2,1-3H3. The minimum Gasteiger partial charge on any atom is -0.392 e. The highest BCUT2D eigenvalue weighted by Crippen LogP contribution is 2.22. The lowest BCUT2D eigenvalue weighted by Crippen LogP contribution is -2.24. The van der Waals surface area contributed by atoms with Crippen molar-refractivity contribution in [3.8, 4) is 0 Å². The number of thioether (sulfide) groups is 1. The van der Waals surface area contributed by atoms with Gasteiger partial charge in [-0.05, 0) is 23.3 Å². The minimum absolute atomic E-state index is 0.226. The average Bonchev–Trinajstić information content (AvgIpc) is 2.58. The summed E-state index contributed by atoms with van der Waals surface area (Å²) in [6, 6.07) is 10.5. The van der Waals surface area contributed by atoms with E-state index in [-0.39, 0.29) is 12.0 Å². The second-order valence-electron chi connectivity index (χ2n) is 6.66. The fourth-order valence-corrected chi connectivity index (χ4v) is 3.61. The number of hydrogen-bond donors (Lipinski definition) is 1. The van der Waals surface area contributed by atoms with Crippen LogP contribution >= 0.6 is 11.8 Å². The highest BCUT2D eigenvalue weighted by atomic mass is 32.2. The van der Waals surface area contributed by atoms with Crippen LogP contribution in [0.15, 0.2) is 41.8 Å².